The number of halogens is 4. The smallest absolute Gasteiger partial charge is 0.272 e. The topological polar surface area (TPSA) is 61.9 Å². The lowest BCUT2D eigenvalue weighted by atomic mass is 10.1. The molecular formula is C15H14ClF3N4O. The molecule has 2 aromatic rings. The van der Waals surface area contributed by atoms with Gasteiger partial charge in [0.15, 0.2) is 5.82 Å². The van der Waals surface area contributed by atoms with Crippen molar-refractivity contribution in [2.75, 3.05) is 18.0 Å². The van der Waals surface area contributed by atoms with Crippen LogP contribution in [0.25, 0.3) is 11.4 Å². The second-order valence-corrected chi connectivity index (χ2v) is 5.99. The summed E-state index contributed by atoms with van der Waals surface area (Å²) in [6.07, 6.45) is 0.951. The Kier molecular flexibility index (Phi) is 4.49. The minimum Gasteiger partial charge on any atom is -0.355 e. The van der Waals surface area contributed by atoms with Gasteiger partial charge in [0, 0.05) is 43.8 Å². The molecule has 1 saturated heterocycles. The van der Waals surface area contributed by atoms with E-state index < -0.39 is 17.4 Å². The summed E-state index contributed by atoms with van der Waals surface area (Å²) in [5, 5.41) is -0.168. The van der Waals surface area contributed by atoms with Crippen LogP contribution in [0.15, 0.2) is 23.1 Å². The van der Waals surface area contributed by atoms with Crippen molar-refractivity contribution in [2.24, 2.45) is 0 Å². The molecule has 0 saturated carbocycles. The molecule has 0 amide bonds. The molecule has 9 heteroatoms. The molecule has 1 N–H and O–H groups in total. The standard InChI is InChI=1S/C15H14ClF3N4O/c16-11-13(23-6-1-3-15(18,19)4-7-23)21-12(22-14(11)24)9-2-5-20-10(17)8-9/h2,5,8H,1,3-4,6-7H2,(H,21,22,24). The van der Waals surface area contributed by atoms with Gasteiger partial charge in [-0.1, -0.05) is 11.6 Å². The third kappa shape index (κ3) is 3.53. The van der Waals surface area contributed by atoms with Gasteiger partial charge in [-0.15, -0.1) is 0 Å². The van der Waals surface area contributed by atoms with E-state index in [9.17, 15) is 18.0 Å². The summed E-state index contributed by atoms with van der Waals surface area (Å²) in [5.74, 6) is -3.22. The molecule has 0 unspecified atom stereocenters. The van der Waals surface area contributed by atoms with E-state index in [4.69, 9.17) is 11.6 Å². The van der Waals surface area contributed by atoms with Crippen LogP contribution in [-0.2, 0) is 0 Å². The van der Waals surface area contributed by atoms with Gasteiger partial charge in [0.2, 0.25) is 11.9 Å². The van der Waals surface area contributed by atoms with Gasteiger partial charge in [-0.2, -0.15) is 4.39 Å². The molecule has 1 fully saturated rings. The predicted molar refractivity (Wildman–Crippen MR) is 84.1 cm³/mol. The monoisotopic (exact) mass is 358 g/mol. The van der Waals surface area contributed by atoms with Gasteiger partial charge in [0.1, 0.15) is 10.8 Å². The molecule has 2 aromatic heterocycles. The number of nitrogens with one attached hydrogen (secondary N) is 1. The first-order valence-electron chi connectivity index (χ1n) is 7.40. The lowest BCUT2D eigenvalue weighted by molar-refractivity contribution is -0.0102. The van der Waals surface area contributed by atoms with Gasteiger partial charge in [-0.05, 0) is 12.5 Å². The molecule has 0 aliphatic carbocycles. The number of hydrogen-bond acceptors (Lipinski definition) is 4. The van der Waals surface area contributed by atoms with Crippen LogP contribution in [0.1, 0.15) is 19.3 Å². The van der Waals surface area contributed by atoms with Crippen LogP contribution in [0.2, 0.25) is 5.02 Å². The lowest BCUT2D eigenvalue weighted by Crippen LogP contribution is -2.29. The molecule has 128 valence electrons. The van der Waals surface area contributed by atoms with Crippen molar-refractivity contribution in [1.82, 2.24) is 15.0 Å². The summed E-state index contributed by atoms with van der Waals surface area (Å²) in [7, 11) is 0. The highest BCUT2D eigenvalue weighted by molar-refractivity contribution is 6.32. The van der Waals surface area contributed by atoms with Gasteiger partial charge >= 0.3 is 0 Å². The summed E-state index contributed by atoms with van der Waals surface area (Å²) in [5.41, 5.74) is -0.289. The maximum atomic E-state index is 13.5. The molecule has 1 aliphatic heterocycles. The molecule has 0 aromatic carbocycles. The van der Waals surface area contributed by atoms with E-state index in [1.54, 1.807) is 4.90 Å². The first-order chi connectivity index (χ1) is 11.4. The van der Waals surface area contributed by atoms with E-state index in [2.05, 4.69) is 15.0 Å². The molecule has 5 nitrogen and oxygen atoms in total. The van der Waals surface area contributed by atoms with E-state index >= 15 is 0 Å². The molecule has 1 aliphatic rings. The summed E-state index contributed by atoms with van der Waals surface area (Å²) in [6.45, 7) is 0.350. The number of anilines is 1. The van der Waals surface area contributed by atoms with Gasteiger partial charge in [0.05, 0.1) is 0 Å². The first kappa shape index (κ1) is 16.8. The molecule has 0 atom stereocenters. The van der Waals surface area contributed by atoms with E-state index in [-0.39, 0.29) is 42.5 Å². The van der Waals surface area contributed by atoms with Crippen molar-refractivity contribution >= 4 is 17.4 Å². The highest BCUT2D eigenvalue weighted by atomic mass is 35.5. The Bertz CT molecular complexity index is 812. The largest absolute Gasteiger partial charge is 0.355 e. The summed E-state index contributed by atoms with van der Waals surface area (Å²) >= 11 is 6.02. The van der Waals surface area contributed by atoms with Gasteiger partial charge in [-0.25, -0.2) is 18.7 Å². The third-order valence-corrected chi connectivity index (χ3v) is 4.20. The molecular weight excluding hydrogens is 345 g/mol. The molecule has 0 spiro atoms. The highest BCUT2D eigenvalue weighted by Gasteiger charge is 2.32. The van der Waals surface area contributed by atoms with Gasteiger partial charge in [-0.3, -0.25) is 4.79 Å². The second kappa shape index (κ2) is 6.43. The number of alkyl halides is 2. The lowest BCUT2D eigenvalue weighted by Gasteiger charge is -2.22. The van der Waals surface area contributed by atoms with E-state index in [0.29, 0.717) is 12.1 Å². The fourth-order valence-corrected chi connectivity index (χ4v) is 2.83. The van der Waals surface area contributed by atoms with Crippen molar-refractivity contribution in [2.45, 2.75) is 25.2 Å². The van der Waals surface area contributed by atoms with Crippen LogP contribution < -0.4 is 10.5 Å². The van der Waals surface area contributed by atoms with Crippen LogP contribution in [0.5, 0.6) is 0 Å². The van der Waals surface area contributed by atoms with Crippen molar-refractivity contribution < 1.29 is 13.2 Å². The number of nitrogens with zero attached hydrogens (tertiary/aromatic N) is 3. The number of aromatic nitrogens is 3. The third-order valence-electron chi connectivity index (χ3n) is 3.86. The Hall–Kier alpha value is -2.09. The summed E-state index contributed by atoms with van der Waals surface area (Å²) < 4.78 is 40.3. The molecule has 3 heterocycles. The Morgan fingerprint density at radius 1 is 1.29 bits per heavy atom. The van der Waals surface area contributed by atoms with Gasteiger partial charge < -0.3 is 9.88 Å². The zero-order chi connectivity index (χ0) is 17.3. The van der Waals surface area contributed by atoms with Gasteiger partial charge in [0.25, 0.3) is 5.56 Å². The highest BCUT2D eigenvalue weighted by Crippen LogP contribution is 2.31. The summed E-state index contributed by atoms with van der Waals surface area (Å²) in [4.78, 5) is 23.8. The number of aromatic amines is 1. The van der Waals surface area contributed by atoms with Crippen LogP contribution in [-0.4, -0.2) is 34.0 Å². The minimum absolute atomic E-state index is 0.0350. The Morgan fingerprint density at radius 2 is 2.08 bits per heavy atom. The van der Waals surface area contributed by atoms with E-state index in [0.717, 1.165) is 6.07 Å². The number of rotatable bonds is 2. The summed E-state index contributed by atoms with van der Waals surface area (Å²) in [6, 6.07) is 2.60. The number of hydrogen-bond donors (Lipinski definition) is 1. The van der Waals surface area contributed by atoms with Crippen LogP contribution >= 0.6 is 11.6 Å². The number of pyridine rings is 1. The average Bonchev–Trinajstić information content (AvgIpc) is 2.71. The van der Waals surface area contributed by atoms with E-state index in [1.807, 2.05) is 0 Å². The normalized spacial score (nSPS) is 17.6. The molecule has 3 rings (SSSR count). The fourth-order valence-electron chi connectivity index (χ4n) is 2.62. The SMILES string of the molecule is O=c1[nH]c(-c2ccnc(F)c2)nc(N2CCCC(F)(F)CC2)c1Cl. The number of H-pyrrole nitrogens is 1. The van der Waals surface area contributed by atoms with Crippen molar-refractivity contribution in [1.29, 1.82) is 0 Å². The quantitative estimate of drug-likeness (QED) is 0.837. The van der Waals surface area contributed by atoms with Crippen LogP contribution in [0.4, 0.5) is 19.0 Å². The Labute approximate surface area is 140 Å². The zero-order valence-electron chi connectivity index (χ0n) is 12.5. The van der Waals surface area contributed by atoms with Crippen LogP contribution in [0, 0.1) is 5.95 Å². The Morgan fingerprint density at radius 3 is 2.83 bits per heavy atom. The molecule has 0 bridgehead atoms. The second-order valence-electron chi connectivity index (χ2n) is 5.62. The predicted octanol–water partition coefficient (Wildman–Crippen LogP) is 3.25. The van der Waals surface area contributed by atoms with E-state index in [1.165, 1.54) is 12.3 Å². The maximum absolute atomic E-state index is 13.5. The zero-order valence-corrected chi connectivity index (χ0v) is 13.3. The Balaban J connectivity index is 2.00. The average molecular weight is 359 g/mol. The minimum atomic E-state index is -2.74. The molecule has 24 heavy (non-hydrogen) atoms. The van der Waals surface area contributed by atoms with Crippen LogP contribution in [0.3, 0.4) is 0 Å². The maximum Gasteiger partial charge on any atom is 0.272 e. The molecule has 0 radical (unpaired) electrons. The van der Waals surface area contributed by atoms with Crippen molar-refractivity contribution in [3.05, 3.63) is 39.7 Å². The van der Waals surface area contributed by atoms with Crippen molar-refractivity contribution in [3.8, 4) is 11.4 Å². The first-order valence-corrected chi connectivity index (χ1v) is 7.78. The van der Waals surface area contributed by atoms with Crippen molar-refractivity contribution in [3.63, 3.8) is 0 Å². The fraction of sp³-hybridized carbons (Fsp3) is 0.400.